The standard InChI is InChI=1S/C12H12F4O/c1-8-4-5-9(10(13)7-8)11(17)3-2-6-12(14,15)16/h4-5,7H,2-3,6H2,1H3. The van der Waals surface area contributed by atoms with Crippen LogP contribution in [0.5, 0.6) is 0 Å². The van der Waals surface area contributed by atoms with E-state index in [4.69, 9.17) is 0 Å². The number of rotatable bonds is 4. The summed E-state index contributed by atoms with van der Waals surface area (Å²) >= 11 is 0. The van der Waals surface area contributed by atoms with Crippen LogP contribution in [-0.4, -0.2) is 12.0 Å². The molecule has 0 saturated carbocycles. The first-order chi connectivity index (χ1) is 7.79. The lowest BCUT2D eigenvalue weighted by Gasteiger charge is -2.06. The minimum atomic E-state index is -4.27. The van der Waals surface area contributed by atoms with E-state index in [0.717, 1.165) is 0 Å². The monoisotopic (exact) mass is 248 g/mol. The molecule has 0 aliphatic rings. The van der Waals surface area contributed by atoms with Crippen LogP contribution in [0.25, 0.3) is 0 Å². The molecule has 5 heteroatoms. The van der Waals surface area contributed by atoms with Crippen molar-refractivity contribution in [1.29, 1.82) is 0 Å². The molecule has 0 bridgehead atoms. The van der Waals surface area contributed by atoms with E-state index in [0.29, 0.717) is 5.56 Å². The molecule has 0 radical (unpaired) electrons. The van der Waals surface area contributed by atoms with E-state index in [1.54, 1.807) is 13.0 Å². The minimum absolute atomic E-state index is 0.141. The fourth-order valence-electron chi connectivity index (χ4n) is 1.43. The first-order valence-electron chi connectivity index (χ1n) is 5.16. The Balaban J connectivity index is 2.59. The number of alkyl halides is 3. The van der Waals surface area contributed by atoms with E-state index >= 15 is 0 Å². The number of benzene rings is 1. The number of Topliss-reactive ketones (excluding diaryl/α,β-unsaturated/α-hetero) is 1. The molecule has 0 atom stereocenters. The van der Waals surface area contributed by atoms with Gasteiger partial charge < -0.3 is 0 Å². The fraction of sp³-hybridized carbons (Fsp3) is 0.417. The average Bonchev–Trinajstić information content (AvgIpc) is 2.15. The molecule has 0 fully saturated rings. The van der Waals surface area contributed by atoms with Gasteiger partial charge in [-0.15, -0.1) is 0 Å². The van der Waals surface area contributed by atoms with Crippen molar-refractivity contribution >= 4 is 5.78 Å². The normalized spacial score (nSPS) is 11.6. The third kappa shape index (κ3) is 4.54. The van der Waals surface area contributed by atoms with Crippen molar-refractivity contribution in [3.05, 3.63) is 35.1 Å². The van der Waals surface area contributed by atoms with E-state index in [1.165, 1.54) is 12.1 Å². The molecular formula is C12H12F4O. The highest BCUT2D eigenvalue weighted by atomic mass is 19.4. The van der Waals surface area contributed by atoms with Gasteiger partial charge in [0, 0.05) is 12.8 Å². The molecule has 1 rings (SSSR count). The summed E-state index contributed by atoms with van der Waals surface area (Å²) < 4.78 is 48.9. The van der Waals surface area contributed by atoms with Crippen LogP contribution in [0.15, 0.2) is 18.2 Å². The van der Waals surface area contributed by atoms with Gasteiger partial charge in [-0.1, -0.05) is 6.07 Å². The third-order valence-corrected chi connectivity index (χ3v) is 2.29. The molecule has 0 N–H and O–H groups in total. The van der Waals surface area contributed by atoms with Crippen molar-refractivity contribution in [1.82, 2.24) is 0 Å². The number of carbonyl (C=O) groups is 1. The topological polar surface area (TPSA) is 17.1 Å². The molecule has 0 aromatic heterocycles. The molecule has 0 aliphatic heterocycles. The average molecular weight is 248 g/mol. The molecule has 1 aromatic rings. The van der Waals surface area contributed by atoms with Gasteiger partial charge in [-0.05, 0) is 31.0 Å². The number of aryl methyl sites for hydroxylation is 1. The maximum atomic E-state index is 13.3. The molecule has 1 aromatic carbocycles. The zero-order valence-corrected chi connectivity index (χ0v) is 9.27. The van der Waals surface area contributed by atoms with E-state index in [2.05, 4.69) is 0 Å². The van der Waals surface area contributed by atoms with Gasteiger partial charge in [0.2, 0.25) is 0 Å². The molecule has 0 amide bonds. The van der Waals surface area contributed by atoms with Crippen LogP contribution >= 0.6 is 0 Å². The number of ketones is 1. The summed E-state index contributed by atoms with van der Waals surface area (Å²) in [6.45, 7) is 1.67. The van der Waals surface area contributed by atoms with Gasteiger partial charge in [0.25, 0.3) is 0 Å². The molecule has 0 unspecified atom stereocenters. The SMILES string of the molecule is Cc1ccc(C(=O)CCCC(F)(F)F)c(F)c1. The Bertz CT molecular complexity index is 409. The number of carbonyl (C=O) groups excluding carboxylic acids is 1. The van der Waals surface area contributed by atoms with Crippen molar-refractivity contribution in [2.75, 3.05) is 0 Å². The third-order valence-electron chi connectivity index (χ3n) is 2.29. The highest BCUT2D eigenvalue weighted by molar-refractivity contribution is 5.96. The zero-order valence-electron chi connectivity index (χ0n) is 9.27. The van der Waals surface area contributed by atoms with Gasteiger partial charge in [-0.25, -0.2) is 4.39 Å². The summed E-state index contributed by atoms with van der Waals surface area (Å²) in [5.41, 5.74) is 0.520. The molecule has 0 heterocycles. The van der Waals surface area contributed by atoms with E-state index in [9.17, 15) is 22.4 Å². The van der Waals surface area contributed by atoms with E-state index in [1.807, 2.05) is 0 Å². The highest BCUT2D eigenvalue weighted by Gasteiger charge is 2.26. The minimum Gasteiger partial charge on any atom is -0.294 e. The lowest BCUT2D eigenvalue weighted by molar-refractivity contribution is -0.135. The first-order valence-corrected chi connectivity index (χ1v) is 5.16. The summed E-state index contributed by atoms with van der Waals surface area (Å²) in [7, 11) is 0. The first kappa shape index (κ1) is 13.7. The zero-order chi connectivity index (χ0) is 13.1. The molecule has 1 nitrogen and oxygen atoms in total. The van der Waals surface area contributed by atoms with E-state index in [-0.39, 0.29) is 18.4 Å². The van der Waals surface area contributed by atoms with Crippen LogP contribution in [-0.2, 0) is 0 Å². The Hall–Kier alpha value is -1.39. The quantitative estimate of drug-likeness (QED) is 0.580. The van der Waals surface area contributed by atoms with Crippen LogP contribution < -0.4 is 0 Å². The summed E-state index contributed by atoms with van der Waals surface area (Å²) in [4.78, 5) is 11.5. The molecular weight excluding hydrogens is 236 g/mol. The van der Waals surface area contributed by atoms with Gasteiger partial charge >= 0.3 is 6.18 Å². The highest BCUT2D eigenvalue weighted by Crippen LogP contribution is 2.23. The predicted molar refractivity (Wildman–Crippen MR) is 55.4 cm³/mol. The maximum Gasteiger partial charge on any atom is 0.389 e. The lowest BCUT2D eigenvalue weighted by atomic mass is 10.0. The van der Waals surface area contributed by atoms with Crippen LogP contribution in [0.4, 0.5) is 17.6 Å². The predicted octanol–water partition coefficient (Wildman–Crippen LogP) is 4.05. The Morgan fingerprint density at radius 3 is 2.47 bits per heavy atom. The molecule has 94 valence electrons. The van der Waals surface area contributed by atoms with Gasteiger partial charge in [0.05, 0.1) is 5.56 Å². The van der Waals surface area contributed by atoms with Crippen LogP contribution in [0.3, 0.4) is 0 Å². The summed E-state index contributed by atoms with van der Waals surface area (Å²) in [6.07, 6.45) is -5.90. The van der Waals surface area contributed by atoms with Crippen molar-refractivity contribution in [3.63, 3.8) is 0 Å². The molecule has 0 saturated heterocycles. The van der Waals surface area contributed by atoms with Gasteiger partial charge in [-0.2, -0.15) is 13.2 Å². The molecule has 0 aliphatic carbocycles. The summed E-state index contributed by atoms with van der Waals surface area (Å²) in [5, 5.41) is 0. The molecule has 17 heavy (non-hydrogen) atoms. The second-order valence-corrected chi connectivity index (χ2v) is 3.88. The Morgan fingerprint density at radius 2 is 1.94 bits per heavy atom. The van der Waals surface area contributed by atoms with Gasteiger partial charge in [0.15, 0.2) is 5.78 Å². The van der Waals surface area contributed by atoms with Crippen molar-refractivity contribution in [3.8, 4) is 0 Å². The Kier molecular flexibility index (Phi) is 4.26. The summed E-state index contributed by atoms with van der Waals surface area (Å²) in [6, 6.07) is 4.05. The smallest absolute Gasteiger partial charge is 0.294 e. The van der Waals surface area contributed by atoms with E-state index < -0.39 is 24.2 Å². The van der Waals surface area contributed by atoms with Gasteiger partial charge in [-0.3, -0.25) is 4.79 Å². The lowest BCUT2D eigenvalue weighted by Crippen LogP contribution is -2.09. The number of halogens is 4. The van der Waals surface area contributed by atoms with Crippen molar-refractivity contribution in [2.24, 2.45) is 0 Å². The maximum absolute atomic E-state index is 13.3. The van der Waals surface area contributed by atoms with Gasteiger partial charge in [0.1, 0.15) is 5.82 Å². The van der Waals surface area contributed by atoms with Crippen LogP contribution in [0.1, 0.15) is 35.2 Å². The van der Waals surface area contributed by atoms with Crippen molar-refractivity contribution in [2.45, 2.75) is 32.4 Å². The Morgan fingerprint density at radius 1 is 1.29 bits per heavy atom. The van der Waals surface area contributed by atoms with Crippen LogP contribution in [0, 0.1) is 12.7 Å². The summed E-state index contributed by atoms with van der Waals surface area (Å²) in [5.74, 6) is -1.27. The van der Waals surface area contributed by atoms with Crippen LogP contribution in [0.2, 0.25) is 0 Å². The number of hydrogen-bond acceptors (Lipinski definition) is 1. The fourth-order valence-corrected chi connectivity index (χ4v) is 1.43. The Labute approximate surface area is 96.4 Å². The second kappa shape index (κ2) is 5.29. The molecule has 0 spiro atoms. The largest absolute Gasteiger partial charge is 0.389 e. The second-order valence-electron chi connectivity index (χ2n) is 3.88. The van der Waals surface area contributed by atoms with Crippen molar-refractivity contribution < 1.29 is 22.4 Å². The number of hydrogen-bond donors (Lipinski definition) is 0.